The molecule has 4 heteroatoms. The summed E-state index contributed by atoms with van der Waals surface area (Å²) in [5, 5.41) is 4.70. The average Bonchev–Trinajstić information content (AvgIpc) is 2.70. The monoisotopic (exact) mass is 261 g/mol. The number of rotatable bonds is 5. The third kappa shape index (κ3) is 3.37. The van der Waals surface area contributed by atoms with Gasteiger partial charge in [-0.05, 0) is 51.4 Å². The van der Waals surface area contributed by atoms with Gasteiger partial charge in [0, 0.05) is 23.3 Å². The maximum Gasteiger partial charge on any atom is 0.0900 e. The molecule has 96 valence electrons. The number of aryl methyl sites for hydroxylation is 2. The largest absolute Gasteiger partial charge is 0.309 e. The molecule has 3 nitrogen and oxygen atoms in total. The summed E-state index contributed by atoms with van der Waals surface area (Å²) in [6, 6.07) is 4.50. The number of aromatic nitrogens is 2. The molecule has 2 heterocycles. The van der Waals surface area contributed by atoms with Gasteiger partial charge in [0.15, 0.2) is 0 Å². The summed E-state index contributed by atoms with van der Waals surface area (Å²) in [4.78, 5) is 9.84. The minimum absolute atomic E-state index is 0.373. The molecule has 0 bridgehead atoms. The van der Waals surface area contributed by atoms with Gasteiger partial charge in [0.05, 0.1) is 10.7 Å². The summed E-state index contributed by atoms with van der Waals surface area (Å²) in [6.45, 7) is 7.32. The minimum atomic E-state index is 0.373. The van der Waals surface area contributed by atoms with Crippen molar-refractivity contribution in [2.45, 2.75) is 33.2 Å². The van der Waals surface area contributed by atoms with Gasteiger partial charge in [0.2, 0.25) is 0 Å². The van der Waals surface area contributed by atoms with Gasteiger partial charge in [-0.1, -0.05) is 0 Å². The fourth-order valence-corrected chi connectivity index (χ4v) is 2.98. The topological polar surface area (TPSA) is 37.8 Å². The van der Waals surface area contributed by atoms with Crippen molar-refractivity contribution in [3.8, 4) is 0 Å². The van der Waals surface area contributed by atoms with Gasteiger partial charge in [0.1, 0.15) is 0 Å². The Labute approximate surface area is 112 Å². The third-order valence-electron chi connectivity index (χ3n) is 2.95. The molecule has 1 N–H and O–H groups in total. The van der Waals surface area contributed by atoms with Crippen LogP contribution in [-0.4, -0.2) is 16.5 Å². The van der Waals surface area contributed by atoms with E-state index in [-0.39, 0.29) is 0 Å². The smallest absolute Gasteiger partial charge is 0.0900 e. The van der Waals surface area contributed by atoms with Crippen LogP contribution in [0.3, 0.4) is 0 Å². The second kappa shape index (κ2) is 6.07. The van der Waals surface area contributed by atoms with E-state index >= 15 is 0 Å². The quantitative estimate of drug-likeness (QED) is 0.899. The Balaban J connectivity index is 1.85. The Morgan fingerprint density at radius 1 is 1.28 bits per heavy atom. The molecule has 0 fully saturated rings. The fraction of sp³-hybridized carbons (Fsp3) is 0.429. The number of hydrogen-bond donors (Lipinski definition) is 1. The van der Waals surface area contributed by atoms with Gasteiger partial charge in [-0.15, -0.1) is 11.3 Å². The number of nitrogens with zero attached hydrogens (tertiary/aromatic N) is 2. The highest BCUT2D eigenvalue weighted by Crippen LogP contribution is 2.24. The Kier molecular flexibility index (Phi) is 4.44. The van der Waals surface area contributed by atoms with E-state index in [9.17, 15) is 0 Å². The van der Waals surface area contributed by atoms with Crippen molar-refractivity contribution >= 4 is 11.3 Å². The molecular formula is C14H19N3S. The highest BCUT2D eigenvalue weighted by Gasteiger charge is 2.11. The van der Waals surface area contributed by atoms with Crippen molar-refractivity contribution in [2.75, 3.05) is 6.54 Å². The van der Waals surface area contributed by atoms with Crippen LogP contribution in [0.5, 0.6) is 0 Å². The van der Waals surface area contributed by atoms with Crippen LogP contribution in [0.1, 0.15) is 34.1 Å². The van der Waals surface area contributed by atoms with E-state index in [1.165, 1.54) is 10.4 Å². The molecule has 18 heavy (non-hydrogen) atoms. The van der Waals surface area contributed by atoms with Gasteiger partial charge in [0.25, 0.3) is 0 Å². The lowest BCUT2D eigenvalue weighted by Crippen LogP contribution is -2.21. The Morgan fingerprint density at radius 3 is 2.61 bits per heavy atom. The van der Waals surface area contributed by atoms with Crippen molar-refractivity contribution in [3.63, 3.8) is 0 Å². The lowest BCUT2D eigenvalue weighted by atomic mass is 10.2. The van der Waals surface area contributed by atoms with Crippen LogP contribution in [0.25, 0.3) is 0 Å². The molecule has 1 atom stereocenters. The Morgan fingerprint density at radius 2 is 2.00 bits per heavy atom. The predicted octanol–water partition coefficient (Wildman–Crippen LogP) is 3.05. The summed E-state index contributed by atoms with van der Waals surface area (Å²) in [5.74, 6) is 0. The van der Waals surface area contributed by atoms with Gasteiger partial charge >= 0.3 is 0 Å². The first-order chi connectivity index (χ1) is 8.66. The first-order valence-electron chi connectivity index (χ1n) is 6.23. The summed E-state index contributed by atoms with van der Waals surface area (Å²) < 4.78 is 0. The number of pyridine rings is 1. The fourth-order valence-electron chi connectivity index (χ4n) is 2.02. The van der Waals surface area contributed by atoms with Gasteiger partial charge in [-0.25, -0.2) is 4.98 Å². The standard InChI is InChI=1S/C14H19N3S/c1-10(14-11(2)17-12(3)18-14)16-9-6-13-4-7-15-8-5-13/h4-5,7-8,10,16H,6,9H2,1-3H3. The number of nitrogens with one attached hydrogen (secondary N) is 1. The van der Waals surface area contributed by atoms with E-state index in [1.54, 1.807) is 11.3 Å². The highest BCUT2D eigenvalue weighted by molar-refractivity contribution is 7.11. The summed E-state index contributed by atoms with van der Waals surface area (Å²) in [6.07, 6.45) is 4.72. The molecule has 2 aromatic rings. The molecule has 2 aromatic heterocycles. The first kappa shape index (κ1) is 13.2. The molecule has 0 spiro atoms. The van der Waals surface area contributed by atoms with E-state index in [2.05, 4.69) is 48.2 Å². The van der Waals surface area contributed by atoms with E-state index in [4.69, 9.17) is 0 Å². The lowest BCUT2D eigenvalue weighted by molar-refractivity contribution is 0.581. The molecule has 0 aliphatic rings. The Bertz CT molecular complexity index is 493. The lowest BCUT2D eigenvalue weighted by Gasteiger charge is -2.12. The Hall–Kier alpha value is -1.26. The van der Waals surface area contributed by atoms with Crippen molar-refractivity contribution in [1.29, 1.82) is 0 Å². The number of hydrogen-bond acceptors (Lipinski definition) is 4. The normalized spacial score (nSPS) is 12.6. The van der Waals surface area contributed by atoms with Crippen molar-refractivity contribution in [1.82, 2.24) is 15.3 Å². The van der Waals surface area contributed by atoms with Gasteiger partial charge < -0.3 is 5.32 Å². The predicted molar refractivity (Wildman–Crippen MR) is 75.9 cm³/mol. The molecule has 0 amide bonds. The van der Waals surface area contributed by atoms with Crippen LogP contribution < -0.4 is 5.32 Å². The molecule has 0 aromatic carbocycles. The molecule has 0 saturated heterocycles. The van der Waals surface area contributed by atoms with E-state index in [0.29, 0.717) is 6.04 Å². The molecule has 0 radical (unpaired) electrons. The van der Waals surface area contributed by atoms with Crippen LogP contribution in [0.4, 0.5) is 0 Å². The first-order valence-corrected chi connectivity index (χ1v) is 7.04. The summed E-state index contributed by atoms with van der Waals surface area (Å²) in [7, 11) is 0. The number of thiazole rings is 1. The third-order valence-corrected chi connectivity index (χ3v) is 4.20. The molecule has 1 unspecified atom stereocenters. The van der Waals surface area contributed by atoms with E-state index < -0.39 is 0 Å². The maximum absolute atomic E-state index is 4.47. The van der Waals surface area contributed by atoms with Crippen LogP contribution in [0.15, 0.2) is 24.5 Å². The summed E-state index contributed by atoms with van der Waals surface area (Å²) >= 11 is 1.79. The SMILES string of the molecule is Cc1nc(C)c(C(C)NCCc2ccncc2)s1. The van der Waals surface area contributed by atoms with Gasteiger partial charge in [-0.2, -0.15) is 0 Å². The second-order valence-electron chi connectivity index (χ2n) is 4.46. The zero-order chi connectivity index (χ0) is 13.0. The second-order valence-corrected chi connectivity index (χ2v) is 5.70. The minimum Gasteiger partial charge on any atom is -0.309 e. The zero-order valence-electron chi connectivity index (χ0n) is 11.1. The summed E-state index contributed by atoms with van der Waals surface area (Å²) in [5.41, 5.74) is 2.48. The molecule has 2 rings (SSSR count). The average molecular weight is 261 g/mol. The van der Waals surface area contributed by atoms with Gasteiger partial charge in [-0.3, -0.25) is 4.98 Å². The highest BCUT2D eigenvalue weighted by atomic mass is 32.1. The van der Waals surface area contributed by atoms with Crippen LogP contribution in [0, 0.1) is 13.8 Å². The molecule has 0 aliphatic carbocycles. The van der Waals surface area contributed by atoms with Crippen LogP contribution in [0.2, 0.25) is 0 Å². The van der Waals surface area contributed by atoms with Crippen LogP contribution >= 0.6 is 11.3 Å². The van der Waals surface area contributed by atoms with E-state index in [1.807, 2.05) is 12.4 Å². The van der Waals surface area contributed by atoms with Crippen molar-refractivity contribution in [3.05, 3.63) is 45.7 Å². The van der Waals surface area contributed by atoms with Crippen molar-refractivity contribution < 1.29 is 0 Å². The molecule has 0 aliphatic heterocycles. The van der Waals surface area contributed by atoms with Crippen molar-refractivity contribution in [2.24, 2.45) is 0 Å². The maximum atomic E-state index is 4.47. The molecule has 0 saturated carbocycles. The van der Waals surface area contributed by atoms with E-state index in [0.717, 1.165) is 23.7 Å². The van der Waals surface area contributed by atoms with Crippen LogP contribution in [-0.2, 0) is 6.42 Å². The molecular weight excluding hydrogens is 242 g/mol. The zero-order valence-corrected chi connectivity index (χ0v) is 11.9.